The second kappa shape index (κ2) is 10.2. The molecule has 6 nitrogen and oxygen atoms in total. The average Bonchev–Trinajstić information content (AvgIpc) is 3.62. The first-order chi connectivity index (χ1) is 15.9. The van der Waals surface area contributed by atoms with E-state index < -0.39 is 10.0 Å². The Morgan fingerprint density at radius 3 is 2.36 bits per heavy atom. The van der Waals surface area contributed by atoms with Gasteiger partial charge in [0.2, 0.25) is 15.9 Å². The van der Waals surface area contributed by atoms with Crippen LogP contribution in [0.15, 0.2) is 77.7 Å². The van der Waals surface area contributed by atoms with E-state index in [1.165, 1.54) is 0 Å². The summed E-state index contributed by atoms with van der Waals surface area (Å²) in [5.74, 6) is 0.681. The Hall–Kier alpha value is -3.16. The summed E-state index contributed by atoms with van der Waals surface area (Å²) in [6.45, 7) is 0. The standard InChI is InChI=1S/C26H28N2O4S/c1-32-25-15-12-23(18-21(25)17-20-5-3-2-4-6-20)27-26(29)16-9-19-7-13-24(14-8-19)33(30,31)28-22-10-11-22/h2-8,12-15,18,22,28H,9-11,16-17H2,1H3,(H,27,29). The number of anilines is 1. The summed E-state index contributed by atoms with van der Waals surface area (Å²) < 4.78 is 32.7. The number of carbonyl (C=O) groups is 1. The molecule has 3 aromatic rings. The second-order valence-electron chi connectivity index (χ2n) is 8.28. The molecule has 0 spiro atoms. The molecule has 0 atom stereocenters. The number of hydrogen-bond donors (Lipinski definition) is 2. The van der Waals surface area contributed by atoms with Crippen molar-refractivity contribution in [1.82, 2.24) is 4.72 Å². The first kappa shape index (κ1) is 23.0. The fraction of sp³-hybridized carbons (Fsp3) is 0.269. The molecule has 0 heterocycles. The molecule has 3 aromatic carbocycles. The Kier molecular flexibility index (Phi) is 7.11. The van der Waals surface area contributed by atoms with E-state index in [2.05, 4.69) is 22.2 Å². The van der Waals surface area contributed by atoms with Gasteiger partial charge in [-0.1, -0.05) is 42.5 Å². The quantitative estimate of drug-likeness (QED) is 0.469. The van der Waals surface area contributed by atoms with Crippen molar-refractivity contribution in [3.63, 3.8) is 0 Å². The number of hydrogen-bond acceptors (Lipinski definition) is 4. The first-order valence-electron chi connectivity index (χ1n) is 11.0. The van der Waals surface area contributed by atoms with Crippen molar-refractivity contribution >= 4 is 21.6 Å². The van der Waals surface area contributed by atoms with Crippen molar-refractivity contribution in [2.75, 3.05) is 12.4 Å². The lowest BCUT2D eigenvalue weighted by Crippen LogP contribution is -2.25. The molecule has 0 unspecified atom stereocenters. The molecular weight excluding hydrogens is 436 g/mol. The number of nitrogens with one attached hydrogen (secondary N) is 2. The van der Waals surface area contributed by atoms with E-state index in [-0.39, 0.29) is 16.8 Å². The van der Waals surface area contributed by atoms with E-state index in [1.54, 1.807) is 31.4 Å². The number of amides is 1. The minimum absolute atomic E-state index is 0.0736. The summed E-state index contributed by atoms with van der Waals surface area (Å²) in [5.41, 5.74) is 3.80. The molecule has 0 bridgehead atoms. The summed E-state index contributed by atoms with van der Waals surface area (Å²) in [4.78, 5) is 12.8. The lowest BCUT2D eigenvalue weighted by atomic mass is 10.0. The first-order valence-corrected chi connectivity index (χ1v) is 12.5. The van der Waals surface area contributed by atoms with Crippen LogP contribution >= 0.6 is 0 Å². The molecule has 1 amide bonds. The molecule has 7 heteroatoms. The molecule has 4 rings (SSSR count). The summed E-state index contributed by atoms with van der Waals surface area (Å²) in [5, 5.41) is 2.95. The molecule has 0 saturated heterocycles. The molecule has 0 aliphatic heterocycles. The Labute approximate surface area is 195 Å². The van der Waals surface area contributed by atoms with E-state index in [0.29, 0.717) is 19.3 Å². The summed E-state index contributed by atoms with van der Waals surface area (Å²) in [6, 6.07) is 22.5. The Bertz CT molecular complexity index is 1200. The third kappa shape index (κ3) is 6.43. The number of aryl methyl sites for hydroxylation is 1. The van der Waals surface area contributed by atoms with Crippen LogP contribution in [0.1, 0.15) is 36.0 Å². The van der Waals surface area contributed by atoms with Crippen LogP contribution in [0, 0.1) is 0 Å². The molecule has 1 aliphatic carbocycles. The number of ether oxygens (including phenoxy) is 1. The summed E-state index contributed by atoms with van der Waals surface area (Å²) in [6.07, 6.45) is 3.32. The summed E-state index contributed by atoms with van der Waals surface area (Å²) in [7, 11) is -1.82. The van der Waals surface area contributed by atoms with Gasteiger partial charge in [0.25, 0.3) is 0 Å². The Morgan fingerprint density at radius 1 is 0.970 bits per heavy atom. The fourth-order valence-corrected chi connectivity index (χ4v) is 4.92. The molecular formula is C26H28N2O4S. The zero-order chi connectivity index (χ0) is 23.3. The third-order valence-electron chi connectivity index (χ3n) is 5.58. The zero-order valence-corrected chi connectivity index (χ0v) is 19.4. The van der Waals surface area contributed by atoms with Crippen LogP contribution in [0.3, 0.4) is 0 Å². The molecule has 0 aromatic heterocycles. The average molecular weight is 465 g/mol. The molecule has 0 radical (unpaired) electrons. The monoisotopic (exact) mass is 464 g/mol. The van der Waals surface area contributed by atoms with Crippen LogP contribution in [0.5, 0.6) is 5.75 Å². The van der Waals surface area contributed by atoms with Gasteiger partial charge < -0.3 is 10.1 Å². The maximum atomic E-state index is 12.5. The normalized spacial score (nSPS) is 13.5. The highest BCUT2D eigenvalue weighted by Gasteiger charge is 2.27. The van der Waals surface area contributed by atoms with E-state index in [4.69, 9.17) is 4.74 Å². The van der Waals surface area contributed by atoms with Gasteiger partial charge in [-0.05, 0) is 60.7 Å². The van der Waals surface area contributed by atoms with Crippen molar-refractivity contribution in [1.29, 1.82) is 0 Å². The highest BCUT2D eigenvalue weighted by molar-refractivity contribution is 7.89. The highest BCUT2D eigenvalue weighted by atomic mass is 32.2. The van der Waals surface area contributed by atoms with Crippen LogP contribution in [0.25, 0.3) is 0 Å². The smallest absolute Gasteiger partial charge is 0.240 e. The number of carbonyl (C=O) groups excluding carboxylic acids is 1. The lowest BCUT2D eigenvalue weighted by Gasteiger charge is -2.12. The maximum Gasteiger partial charge on any atom is 0.240 e. The van der Waals surface area contributed by atoms with E-state index in [0.717, 1.165) is 41.0 Å². The number of benzene rings is 3. The SMILES string of the molecule is COc1ccc(NC(=O)CCc2ccc(S(=O)(=O)NC3CC3)cc2)cc1Cc1ccccc1. The second-order valence-corrected chi connectivity index (χ2v) is 9.99. The highest BCUT2D eigenvalue weighted by Crippen LogP contribution is 2.26. The van der Waals surface area contributed by atoms with Gasteiger partial charge in [-0.25, -0.2) is 13.1 Å². The Morgan fingerprint density at radius 2 is 1.70 bits per heavy atom. The topological polar surface area (TPSA) is 84.5 Å². The number of sulfonamides is 1. The molecule has 2 N–H and O–H groups in total. The van der Waals surface area contributed by atoms with Gasteiger partial charge in [-0.15, -0.1) is 0 Å². The Balaban J connectivity index is 1.34. The van der Waals surface area contributed by atoms with E-state index in [9.17, 15) is 13.2 Å². The molecule has 172 valence electrons. The number of rotatable bonds is 10. The third-order valence-corrected chi connectivity index (χ3v) is 7.11. The largest absolute Gasteiger partial charge is 0.496 e. The van der Waals surface area contributed by atoms with Gasteiger partial charge in [-0.3, -0.25) is 4.79 Å². The van der Waals surface area contributed by atoms with Crippen LogP contribution in [-0.2, 0) is 27.7 Å². The van der Waals surface area contributed by atoms with E-state index >= 15 is 0 Å². The predicted octanol–water partition coefficient (Wildman–Crippen LogP) is 4.30. The number of methoxy groups -OCH3 is 1. The van der Waals surface area contributed by atoms with Gasteiger partial charge in [-0.2, -0.15) is 0 Å². The molecule has 1 aliphatic rings. The van der Waals surface area contributed by atoms with Gasteiger partial charge in [0.05, 0.1) is 12.0 Å². The zero-order valence-electron chi connectivity index (χ0n) is 18.6. The molecule has 1 saturated carbocycles. The van der Waals surface area contributed by atoms with Crippen LogP contribution in [0.2, 0.25) is 0 Å². The van der Waals surface area contributed by atoms with Gasteiger partial charge >= 0.3 is 0 Å². The summed E-state index contributed by atoms with van der Waals surface area (Å²) >= 11 is 0. The van der Waals surface area contributed by atoms with E-state index in [1.807, 2.05) is 36.4 Å². The molecule has 33 heavy (non-hydrogen) atoms. The predicted molar refractivity (Wildman–Crippen MR) is 129 cm³/mol. The maximum absolute atomic E-state index is 12.5. The van der Waals surface area contributed by atoms with Crippen LogP contribution in [-0.4, -0.2) is 27.5 Å². The van der Waals surface area contributed by atoms with Crippen molar-refractivity contribution in [3.05, 3.63) is 89.5 Å². The van der Waals surface area contributed by atoms with Crippen LogP contribution < -0.4 is 14.8 Å². The van der Waals surface area contributed by atoms with Gasteiger partial charge in [0, 0.05) is 30.1 Å². The van der Waals surface area contributed by atoms with Crippen molar-refractivity contribution in [3.8, 4) is 5.75 Å². The van der Waals surface area contributed by atoms with Gasteiger partial charge in [0.15, 0.2) is 0 Å². The van der Waals surface area contributed by atoms with Crippen molar-refractivity contribution in [2.24, 2.45) is 0 Å². The lowest BCUT2D eigenvalue weighted by molar-refractivity contribution is -0.116. The van der Waals surface area contributed by atoms with Crippen molar-refractivity contribution in [2.45, 2.75) is 43.0 Å². The fourth-order valence-electron chi connectivity index (χ4n) is 3.62. The molecule has 1 fully saturated rings. The minimum Gasteiger partial charge on any atom is -0.496 e. The van der Waals surface area contributed by atoms with Gasteiger partial charge in [0.1, 0.15) is 5.75 Å². The van der Waals surface area contributed by atoms with Crippen LogP contribution in [0.4, 0.5) is 5.69 Å². The minimum atomic E-state index is -3.46. The van der Waals surface area contributed by atoms with Crippen molar-refractivity contribution < 1.29 is 17.9 Å².